The van der Waals surface area contributed by atoms with Gasteiger partial charge in [-0.3, -0.25) is 0 Å². The zero-order valence-corrected chi connectivity index (χ0v) is 7.73. The second kappa shape index (κ2) is 17.6. The van der Waals surface area contributed by atoms with Crippen molar-refractivity contribution in [2.45, 2.75) is 0 Å². The van der Waals surface area contributed by atoms with Gasteiger partial charge in [0.2, 0.25) is 0 Å². The summed E-state index contributed by atoms with van der Waals surface area (Å²) in [6.45, 7) is 0. The first-order chi connectivity index (χ1) is 1.41. The van der Waals surface area contributed by atoms with Crippen LogP contribution in [0.2, 0.25) is 0 Å². The Balaban J connectivity index is -0.0000000200. The van der Waals surface area contributed by atoms with Gasteiger partial charge in [-0.1, -0.05) is 0 Å². The SMILES string of the molecule is O=[PH]=O.[Mo].[Na]. The Morgan fingerprint density at radius 3 is 1.20 bits per heavy atom. The monoisotopic (exact) mass is 185 g/mol. The Labute approximate surface area is 67.5 Å². The Bertz CT molecular complexity index is 30.6. The molecule has 0 aliphatic carbocycles. The average molecular weight is 183 g/mol. The minimum Gasteiger partial charge on any atom is -0.241 e. The fraction of sp³-hybridized carbons (Fsp3) is 0. The van der Waals surface area contributed by atoms with Crippen LogP contribution in [0.3, 0.4) is 0 Å². The van der Waals surface area contributed by atoms with Gasteiger partial charge in [0.05, 0.1) is 0 Å². The normalized spacial score (nSPS) is 2.40. The van der Waals surface area contributed by atoms with Crippen LogP contribution in [0.15, 0.2) is 0 Å². The zero-order chi connectivity index (χ0) is 2.71. The molecular weight excluding hydrogens is 182 g/mol. The van der Waals surface area contributed by atoms with Gasteiger partial charge in [-0.2, -0.15) is 0 Å². The molecule has 0 aliphatic rings. The van der Waals surface area contributed by atoms with Crippen molar-refractivity contribution in [3.8, 4) is 0 Å². The van der Waals surface area contributed by atoms with E-state index < -0.39 is 8.34 Å². The maximum absolute atomic E-state index is 8.40. The molecule has 0 fully saturated rings. The molecule has 0 amide bonds. The average Bonchev–Trinajstić information content (AvgIpc) is 0.918. The van der Waals surface area contributed by atoms with E-state index in [4.69, 9.17) is 9.13 Å². The molecule has 0 unspecified atom stereocenters. The third-order valence-electron chi connectivity index (χ3n) is 0. The Morgan fingerprint density at radius 2 is 1.20 bits per heavy atom. The summed E-state index contributed by atoms with van der Waals surface area (Å²) in [6, 6.07) is 0. The maximum atomic E-state index is 8.40. The van der Waals surface area contributed by atoms with Gasteiger partial charge in [0.1, 0.15) is 0 Å². The van der Waals surface area contributed by atoms with E-state index in [0.29, 0.717) is 0 Å². The van der Waals surface area contributed by atoms with E-state index in [0.717, 1.165) is 0 Å². The molecule has 0 rings (SSSR count). The number of hydrogen-bond donors (Lipinski definition) is 0. The van der Waals surface area contributed by atoms with Crippen LogP contribution < -0.4 is 0 Å². The third-order valence-corrected chi connectivity index (χ3v) is 0. The maximum Gasteiger partial charge on any atom is 0.303 e. The Kier molecular flexibility index (Phi) is 56.1. The van der Waals surface area contributed by atoms with Crippen molar-refractivity contribution in [1.29, 1.82) is 0 Å². The van der Waals surface area contributed by atoms with Crippen molar-refractivity contribution in [1.82, 2.24) is 0 Å². The van der Waals surface area contributed by atoms with Gasteiger partial charge >= 0.3 is 8.34 Å². The minimum atomic E-state index is -1.42. The summed E-state index contributed by atoms with van der Waals surface area (Å²) >= 11 is 0. The van der Waals surface area contributed by atoms with Crippen molar-refractivity contribution in [3.05, 3.63) is 0 Å². The summed E-state index contributed by atoms with van der Waals surface area (Å²) in [5, 5.41) is 0. The van der Waals surface area contributed by atoms with Crippen molar-refractivity contribution in [3.63, 3.8) is 0 Å². The number of hydrogen-bond acceptors (Lipinski definition) is 2. The first-order valence-corrected chi connectivity index (χ1v) is 1.22. The molecule has 25 valence electrons. The molecule has 0 saturated heterocycles. The van der Waals surface area contributed by atoms with Gasteiger partial charge in [-0.05, 0) is 0 Å². The molecule has 0 bridgehead atoms. The molecule has 1 radical (unpaired) electrons. The van der Waals surface area contributed by atoms with Crippen LogP contribution >= 0.6 is 8.34 Å². The molecule has 0 heterocycles. The van der Waals surface area contributed by atoms with Crippen LogP contribution in [0, 0.1) is 0 Å². The molecule has 5 heavy (non-hydrogen) atoms. The van der Waals surface area contributed by atoms with Crippen LogP contribution in [0.4, 0.5) is 0 Å². The summed E-state index contributed by atoms with van der Waals surface area (Å²) in [5.41, 5.74) is 0. The predicted molar refractivity (Wildman–Crippen MR) is 15.4 cm³/mol. The van der Waals surface area contributed by atoms with E-state index in [2.05, 4.69) is 0 Å². The predicted octanol–water partition coefficient (Wildman–Crippen LogP) is -0.0274. The second-order valence-electron chi connectivity index (χ2n) is 0.0833. The van der Waals surface area contributed by atoms with Crippen LogP contribution in [-0.2, 0) is 30.2 Å². The van der Waals surface area contributed by atoms with Gasteiger partial charge in [0, 0.05) is 50.6 Å². The van der Waals surface area contributed by atoms with E-state index in [1.807, 2.05) is 0 Å². The first-order valence-electron chi connectivity index (χ1n) is 0.408. The topological polar surface area (TPSA) is 34.1 Å². The third kappa shape index (κ3) is 28.5. The molecule has 0 aromatic carbocycles. The zero-order valence-electron chi connectivity index (χ0n) is 2.72. The van der Waals surface area contributed by atoms with Gasteiger partial charge in [-0.15, -0.1) is 0 Å². The molecule has 0 N–H and O–H groups in total. The summed E-state index contributed by atoms with van der Waals surface area (Å²) < 4.78 is 16.8. The summed E-state index contributed by atoms with van der Waals surface area (Å²) in [4.78, 5) is 0. The van der Waals surface area contributed by atoms with Crippen LogP contribution in [0.1, 0.15) is 0 Å². The Morgan fingerprint density at radius 1 is 1.20 bits per heavy atom. The first kappa shape index (κ1) is 16.0. The fourth-order valence-corrected chi connectivity index (χ4v) is 0. The van der Waals surface area contributed by atoms with E-state index in [1.54, 1.807) is 0 Å². The van der Waals surface area contributed by atoms with Crippen molar-refractivity contribution in [2.75, 3.05) is 0 Å². The number of rotatable bonds is 0. The molecule has 0 atom stereocenters. The van der Waals surface area contributed by atoms with Gasteiger partial charge in [0.15, 0.2) is 0 Å². The Hall–Kier alpha value is 1.59. The second-order valence-corrected chi connectivity index (χ2v) is 0.250. The van der Waals surface area contributed by atoms with Crippen LogP contribution in [-0.4, -0.2) is 29.6 Å². The van der Waals surface area contributed by atoms with E-state index in [1.165, 1.54) is 0 Å². The largest absolute Gasteiger partial charge is 0.303 e. The smallest absolute Gasteiger partial charge is 0.241 e. The molecule has 0 aromatic rings. The van der Waals surface area contributed by atoms with Crippen LogP contribution in [0.5, 0.6) is 0 Å². The molecule has 0 aromatic heterocycles. The molecule has 0 aliphatic heterocycles. The molecule has 0 saturated carbocycles. The van der Waals surface area contributed by atoms with E-state index >= 15 is 0 Å². The van der Waals surface area contributed by atoms with Crippen molar-refractivity contribution < 1.29 is 30.2 Å². The van der Waals surface area contributed by atoms with Crippen LogP contribution in [0.25, 0.3) is 0 Å². The van der Waals surface area contributed by atoms with Gasteiger partial charge in [-0.25, -0.2) is 9.13 Å². The summed E-state index contributed by atoms with van der Waals surface area (Å²) in [5.74, 6) is 0. The van der Waals surface area contributed by atoms with E-state index in [9.17, 15) is 0 Å². The minimum absolute atomic E-state index is 0. The van der Waals surface area contributed by atoms with Crippen molar-refractivity contribution in [2.24, 2.45) is 0 Å². The summed E-state index contributed by atoms with van der Waals surface area (Å²) in [7, 11) is -1.42. The summed E-state index contributed by atoms with van der Waals surface area (Å²) in [6.07, 6.45) is 0. The molecular formula is HMoNaO2P. The van der Waals surface area contributed by atoms with Gasteiger partial charge < -0.3 is 0 Å². The van der Waals surface area contributed by atoms with Crippen molar-refractivity contribution >= 4 is 37.9 Å². The quantitative estimate of drug-likeness (QED) is 0.390. The molecule has 5 heteroatoms. The molecule has 0 spiro atoms. The standard InChI is InChI=1S/Mo.Na.HO2P/c;;1-3-2/h;;3H. The van der Waals surface area contributed by atoms with Gasteiger partial charge in [0.25, 0.3) is 0 Å². The van der Waals surface area contributed by atoms with E-state index in [-0.39, 0.29) is 50.6 Å². The fourth-order valence-electron chi connectivity index (χ4n) is 0. The molecule has 2 nitrogen and oxygen atoms in total.